The maximum Gasteiger partial charge on any atom is 0.293 e. The molecule has 1 atom stereocenters. The molecule has 2 heterocycles. The first-order valence-electron chi connectivity index (χ1n) is 12.6. The van der Waals surface area contributed by atoms with E-state index >= 15 is 0 Å². The lowest BCUT2D eigenvalue weighted by Gasteiger charge is -2.27. The van der Waals surface area contributed by atoms with Crippen molar-refractivity contribution in [1.29, 1.82) is 0 Å². The minimum atomic E-state index is 0.248. The molecule has 0 radical (unpaired) electrons. The highest BCUT2D eigenvalue weighted by atomic mass is 79.9. The summed E-state index contributed by atoms with van der Waals surface area (Å²) in [5.41, 5.74) is 7.62. The van der Waals surface area contributed by atoms with Crippen LogP contribution < -0.4 is 0 Å². The standard InChI is InChI=1S/C32H24BrNO2S/c33-23-13-22(17-36-18-35)31-29(15-23)30(16-34-31)32-25(11-12-37-32)21-6-5-20-8-9-26-24-4-2-1-3-19(24)7-10-27(26)28(20)14-21/h1-4,7-13,15-16,18,21,34H,5-6,14,17H2. The van der Waals surface area contributed by atoms with Crippen LogP contribution in [0, 0.1) is 0 Å². The van der Waals surface area contributed by atoms with Gasteiger partial charge in [-0.1, -0.05) is 64.5 Å². The lowest BCUT2D eigenvalue weighted by molar-refractivity contribution is -0.129. The van der Waals surface area contributed by atoms with Gasteiger partial charge in [0.25, 0.3) is 6.47 Å². The number of ether oxygens (including phenoxy) is 1. The van der Waals surface area contributed by atoms with Gasteiger partial charge in [-0.05, 0) is 87.0 Å². The Morgan fingerprint density at radius 2 is 1.89 bits per heavy atom. The molecule has 1 unspecified atom stereocenters. The maximum atomic E-state index is 10.8. The molecule has 3 nitrogen and oxygen atoms in total. The molecule has 37 heavy (non-hydrogen) atoms. The number of H-pyrrole nitrogens is 1. The lowest BCUT2D eigenvalue weighted by atomic mass is 9.77. The zero-order valence-corrected chi connectivity index (χ0v) is 22.5. The summed E-state index contributed by atoms with van der Waals surface area (Å²) in [4.78, 5) is 15.6. The van der Waals surface area contributed by atoms with Crippen molar-refractivity contribution in [2.45, 2.75) is 31.8 Å². The summed E-state index contributed by atoms with van der Waals surface area (Å²) >= 11 is 5.47. The van der Waals surface area contributed by atoms with E-state index in [1.54, 1.807) is 0 Å². The highest BCUT2D eigenvalue weighted by molar-refractivity contribution is 9.10. The second-order valence-corrected chi connectivity index (χ2v) is 11.7. The van der Waals surface area contributed by atoms with Gasteiger partial charge in [-0.3, -0.25) is 4.79 Å². The molecule has 1 aliphatic rings. The summed E-state index contributed by atoms with van der Waals surface area (Å²) in [5.74, 6) is 0.473. The molecule has 0 spiro atoms. The number of thiophene rings is 1. The predicted octanol–water partition coefficient (Wildman–Crippen LogP) is 8.91. The van der Waals surface area contributed by atoms with Crippen LogP contribution in [0.4, 0.5) is 0 Å². The molecule has 2 aromatic heterocycles. The number of fused-ring (bicyclic) bond motifs is 6. The summed E-state index contributed by atoms with van der Waals surface area (Å²) in [6.45, 7) is 0.749. The predicted molar refractivity (Wildman–Crippen MR) is 156 cm³/mol. The van der Waals surface area contributed by atoms with Crippen molar-refractivity contribution in [2.24, 2.45) is 0 Å². The number of aromatic amines is 1. The van der Waals surface area contributed by atoms with E-state index in [0.29, 0.717) is 12.4 Å². The molecule has 0 fully saturated rings. The average Bonchev–Trinajstić information content (AvgIpc) is 3.58. The Morgan fingerprint density at radius 3 is 2.81 bits per heavy atom. The van der Waals surface area contributed by atoms with Gasteiger partial charge in [0.05, 0.1) is 5.52 Å². The van der Waals surface area contributed by atoms with E-state index in [1.165, 1.54) is 48.7 Å². The van der Waals surface area contributed by atoms with Crippen molar-refractivity contribution in [3.63, 3.8) is 0 Å². The van der Waals surface area contributed by atoms with Gasteiger partial charge in [0.15, 0.2) is 0 Å². The second-order valence-electron chi connectivity index (χ2n) is 9.83. The minimum Gasteiger partial charge on any atom is -0.463 e. The number of hydrogen-bond acceptors (Lipinski definition) is 3. The lowest BCUT2D eigenvalue weighted by Crippen LogP contribution is -2.13. The molecular weight excluding hydrogens is 542 g/mol. The molecule has 0 saturated heterocycles. The fraction of sp³-hybridized carbons (Fsp3) is 0.156. The van der Waals surface area contributed by atoms with Gasteiger partial charge in [0, 0.05) is 32.1 Å². The SMILES string of the molecule is O=COCc1cc(Br)cc2c(-c3sccc3C3CCc4ccc5c(ccc6ccccc65)c4C3)c[nH]c12. The number of aromatic nitrogens is 1. The average molecular weight is 567 g/mol. The molecule has 0 saturated carbocycles. The molecule has 7 rings (SSSR count). The van der Waals surface area contributed by atoms with E-state index in [9.17, 15) is 4.79 Å². The first-order valence-corrected chi connectivity index (χ1v) is 14.2. The highest BCUT2D eigenvalue weighted by Gasteiger charge is 2.26. The zero-order valence-electron chi connectivity index (χ0n) is 20.1. The third-order valence-electron chi connectivity index (χ3n) is 7.87. The molecule has 1 N–H and O–H groups in total. The third-order valence-corrected chi connectivity index (χ3v) is 9.29. The Morgan fingerprint density at radius 1 is 1.00 bits per heavy atom. The summed E-state index contributed by atoms with van der Waals surface area (Å²) in [6.07, 6.45) is 5.42. The number of rotatable bonds is 5. The number of hydrogen-bond donors (Lipinski definition) is 1. The number of carbonyl (C=O) groups excluding carboxylic acids is 1. The molecule has 0 amide bonds. The normalized spacial score (nSPS) is 15.3. The fourth-order valence-electron chi connectivity index (χ4n) is 6.17. The Balaban J connectivity index is 1.31. The summed E-state index contributed by atoms with van der Waals surface area (Å²) in [7, 11) is 0. The van der Waals surface area contributed by atoms with Crippen molar-refractivity contribution in [3.8, 4) is 10.4 Å². The number of halogens is 1. The van der Waals surface area contributed by atoms with Crippen molar-refractivity contribution >= 4 is 66.2 Å². The monoisotopic (exact) mass is 565 g/mol. The molecule has 1 aliphatic carbocycles. The summed E-state index contributed by atoms with van der Waals surface area (Å²) < 4.78 is 6.06. The van der Waals surface area contributed by atoms with Crippen LogP contribution in [0.5, 0.6) is 0 Å². The van der Waals surface area contributed by atoms with E-state index in [-0.39, 0.29) is 6.61 Å². The van der Waals surface area contributed by atoms with E-state index < -0.39 is 0 Å². The first kappa shape index (κ1) is 22.8. The van der Waals surface area contributed by atoms with Crippen LogP contribution in [0.1, 0.15) is 34.6 Å². The van der Waals surface area contributed by atoms with Crippen molar-refractivity contribution in [3.05, 3.63) is 105 Å². The third kappa shape index (κ3) is 3.80. The summed E-state index contributed by atoms with van der Waals surface area (Å²) in [6, 6.07) is 24.5. The van der Waals surface area contributed by atoms with Gasteiger partial charge in [-0.25, -0.2) is 0 Å². The van der Waals surface area contributed by atoms with Crippen LogP contribution in [0.15, 0.2) is 82.8 Å². The molecule has 182 valence electrons. The van der Waals surface area contributed by atoms with E-state index in [1.807, 2.05) is 17.4 Å². The Bertz CT molecular complexity index is 1810. The van der Waals surface area contributed by atoms with Crippen LogP contribution in [0.25, 0.3) is 42.9 Å². The molecule has 4 aromatic carbocycles. The molecule has 5 heteroatoms. The Hall–Kier alpha value is -3.41. The van der Waals surface area contributed by atoms with Gasteiger partial charge in [0.1, 0.15) is 6.61 Å². The first-order chi connectivity index (χ1) is 18.2. The van der Waals surface area contributed by atoms with Gasteiger partial charge in [-0.15, -0.1) is 11.3 Å². The fourth-order valence-corrected chi connectivity index (χ4v) is 7.69. The smallest absolute Gasteiger partial charge is 0.293 e. The second kappa shape index (κ2) is 9.16. The van der Waals surface area contributed by atoms with E-state index in [2.05, 4.69) is 93.2 Å². The van der Waals surface area contributed by atoms with Gasteiger partial charge >= 0.3 is 0 Å². The number of nitrogens with one attached hydrogen (secondary N) is 1. The highest BCUT2D eigenvalue weighted by Crippen LogP contribution is 2.45. The Labute approximate surface area is 227 Å². The van der Waals surface area contributed by atoms with Crippen LogP contribution >= 0.6 is 27.3 Å². The van der Waals surface area contributed by atoms with E-state index in [0.717, 1.165) is 40.2 Å². The molecular formula is C32H24BrNO2S. The van der Waals surface area contributed by atoms with Gasteiger partial charge in [-0.2, -0.15) is 0 Å². The van der Waals surface area contributed by atoms with Crippen molar-refractivity contribution in [1.82, 2.24) is 4.98 Å². The molecule has 6 aromatic rings. The van der Waals surface area contributed by atoms with Crippen molar-refractivity contribution < 1.29 is 9.53 Å². The largest absolute Gasteiger partial charge is 0.463 e. The Kier molecular flexibility index (Phi) is 5.63. The number of aryl methyl sites for hydroxylation is 1. The molecule has 0 bridgehead atoms. The number of carbonyl (C=O) groups is 1. The topological polar surface area (TPSA) is 42.1 Å². The van der Waals surface area contributed by atoms with Crippen LogP contribution in [0.2, 0.25) is 0 Å². The molecule has 0 aliphatic heterocycles. The zero-order chi connectivity index (χ0) is 24.9. The quantitative estimate of drug-likeness (QED) is 0.167. The summed E-state index contributed by atoms with van der Waals surface area (Å²) in [5, 5.41) is 8.76. The van der Waals surface area contributed by atoms with E-state index in [4.69, 9.17) is 4.74 Å². The number of benzene rings is 4. The maximum absolute atomic E-state index is 10.8. The van der Waals surface area contributed by atoms with Gasteiger partial charge in [0.2, 0.25) is 0 Å². The van der Waals surface area contributed by atoms with Crippen molar-refractivity contribution in [2.75, 3.05) is 0 Å². The van der Waals surface area contributed by atoms with Crippen LogP contribution in [-0.4, -0.2) is 11.5 Å². The van der Waals surface area contributed by atoms with Crippen LogP contribution in [0.3, 0.4) is 0 Å². The van der Waals surface area contributed by atoms with Gasteiger partial charge < -0.3 is 9.72 Å². The minimum absolute atomic E-state index is 0.248. The van der Waals surface area contributed by atoms with Crippen LogP contribution in [-0.2, 0) is 29.0 Å².